The van der Waals surface area contributed by atoms with Crippen LogP contribution in [0.5, 0.6) is 0 Å². The highest BCUT2D eigenvalue weighted by Crippen LogP contribution is 2.41. The number of aliphatic hydroxyl groups is 1. The predicted molar refractivity (Wildman–Crippen MR) is 128 cm³/mol. The molecule has 0 radical (unpaired) electrons. The molecule has 4 aromatic rings. The SMILES string of the molecule is Cc1nc(-c2ccccc2)sc1C(=O)C1=C(O)C(=O)N(Cc2cccnc2)C1c1cccnc1. The number of benzene rings is 1. The minimum absolute atomic E-state index is 0.0354. The van der Waals surface area contributed by atoms with Gasteiger partial charge in [-0.1, -0.05) is 42.5 Å². The van der Waals surface area contributed by atoms with Gasteiger partial charge in [-0.3, -0.25) is 19.6 Å². The molecule has 0 saturated heterocycles. The lowest BCUT2D eigenvalue weighted by Crippen LogP contribution is -2.30. The van der Waals surface area contributed by atoms with Crippen LogP contribution in [0.25, 0.3) is 10.6 Å². The molecular weight excluding hydrogens is 448 g/mol. The number of hydrogen-bond donors (Lipinski definition) is 1. The highest BCUT2D eigenvalue weighted by atomic mass is 32.1. The van der Waals surface area contributed by atoms with Gasteiger partial charge < -0.3 is 10.0 Å². The average molecular weight is 469 g/mol. The van der Waals surface area contributed by atoms with Crippen LogP contribution in [0.1, 0.15) is 32.5 Å². The van der Waals surface area contributed by atoms with E-state index in [9.17, 15) is 14.7 Å². The van der Waals surface area contributed by atoms with Crippen LogP contribution in [0.2, 0.25) is 0 Å². The third kappa shape index (κ3) is 3.88. The molecule has 1 atom stereocenters. The first-order chi connectivity index (χ1) is 16.5. The molecule has 1 aliphatic rings. The van der Waals surface area contributed by atoms with Gasteiger partial charge in [-0.05, 0) is 30.2 Å². The fourth-order valence-electron chi connectivity index (χ4n) is 4.05. The molecule has 0 bridgehead atoms. The van der Waals surface area contributed by atoms with Crippen molar-refractivity contribution >= 4 is 23.0 Å². The number of aliphatic hydroxyl groups excluding tert-OH is 1. The van der Waals surface area contributed by atoms with Gasteiger partial charge in [0.25, 0.3) is 5.91 Å². The fourth-order valence-corrected chi connectivity index (χ4v) is 5.08. The topological polar surface area (TPSA) is 96.3 Å². The maximum Gasteiger partial charge on any atom is 0.290 e. The third-order valence-electron chi connectivity index (χ3n) is 5.65. The van der Waals surface area contributed by atoms with E-state index in [2.05, 4.69) is 15.0 Å². The molecule has 1 aromatic carbocycles. The number of aryl methyl sites for hydroxylation is 1. The van der Waals surface area contributed by atoms with E-state index in [1.165, 1.54) is 16.2 Å². The third-order valence-corrected chi connectivity index (χ3v) is 6.85. The summed E-state index contributed by atoms with van der Waals surface area (Å²) in [6.45, 7) is 1.95. The molecule has 1 N–H and O–H groups in total. The normalized spacial score (nSPS) is 15.7. The van der Waals surface area contributed by atoms with Crippen molar-refractivity contribution in [3.63, 3.8) is 0 Å². The number of carbonyl (C=O) groups is 2. The molecule has 34 heavy (non-hydrogen) atoms. The number of nitrogens with zero attached hydrogens (tertiary/aromatic N) is 4. The average Bonchev–Trinajstić information content (AvgIpc) is 3.38. The minimum Gasteiger partial charge on any atom is -0.503 e. The van der Waals surface area contributed by atoms with Crippen LogP contribution in [0, 0.1) is 6.92 Å². The van der Waals surface area contributed by atoms with Crippen LogP contribution in [-0.4, -0.2) is 36.6 Å². The minimum atomic E-state index is -0.782. The van der Waals surface area contributed by atoms with E-state index >= 15 is 0 Å². The fraction of sp³-hybridized carbons (Fsp3) is 0.115. The summed E-state index contributed by atoms with van der Waals surface area (Å²) >= 11 is 1.25. The van der Waals surface area contributed by atoms with E-state index in [0.717, 1.165) is 11.1 Å². The van der Waals surface area contributed by atoms with E-state index in [4.69, 9.17) is 0 Å². The molecule has 168 valence electrons. The van der Waals surface area contributed by atoms with Crippen molar-refractivity contribution in [2.75, 3.05) is 0 Å². The predicted octanol–water partition coefficient (Wildman–Crippen LogP) is 4.69. The van der Waals surface area contributed by atoms with Crippen LogP contribution in [0.15, 0.2) is 90.7 Å². The number of ketones is 1. The van der Waals surface area contributed by atoms with Crippen LogP contribution < -0.4 is 0 Å². The number of pyridine rings is 2. The summed E-state index contributed by atoms with van der Waals surface area (Å²) in [6, 6.07) is 16.0. The van der Waals surface area contributed by atoms with Gasteiger partial charge in [0.2, 0.25) is 5.78 Å². The van der Waals surface area contributed by atoms with E-state index in [-0.39, 0.29) is 12.1 Å². The molecule has 0 saturated carbocycles. The van der Waals surface area contributed by atoms with Crippen molar-refractivity contribution in [3.8, 4) is 10.6 Å². The smallest absolute Gasteiger partial charge is 0.290 e. The summed E-state index contributed by atoms with van der Waals surface area (Å²) in [4.78, 5) is 41.7. The summed E-state index contributed by atoms with van der Waals surface area (Å²) < 4.78 is 0. The van der Waals surface area contributed by atoms with Gasteiger partial charge in [0.15, 0.2) is 5.76 Å². The summed E-state index contributed by atoms with van der Waals surface area (Å²) in [5.41, 5.74) is 2.91. The molecule has 0 spiro atoms. The van der Waals surface area contributed by atoms with E-state index in [0.29, 0.717) is 21.1 Å². The molecule has 7 nitrogen and oxygen atoms in total. The Bertz CT molecular complexity index is 1390. The molecular formula is C26H20N4O3S. The second-order valence-electron chi connectivity index (χ2n) is 7.87. The van der Waals surface area contributed by atoms with Crippen molar-refractivity contribution in [1.82, 2.24) is 19.9 Å². The Morgan fingerprint density at radius 2 is 1.76 bits per heavy atom. The Balaban J connectivity index is 1.57. The molecule has 1 unspecified atom stereocenters. The molecule has 1 amide bonds. The Hall–Kier alpha value is -4.17. The van der Waals surface area contributed by atoms with Crippen molar-refractivity contribution in [1.29, 1.82) is 0 Å². The van der Waals surface area contributed by atoms with Crippen molar-refractivity contribution in [2.45, 2.75) is 19.5 Å². The summed E-state index contributed by atoms with van der Waals surface area (Å²) in [5.74, 6) is -1.56. The number of aromatic nitrogens is 3. The van der Waals surface area contributed by atoms with Gasteiger partial charge >= 0.3 is 0 Å². The molecule has 8 heteroatoms. The summed E-state index contributed by atoms with van der Waals surface area (Å²) in [7, 11) is 0. The standard InChI is InChI=1S/C26H20N4O3S/c1-16-24(34-25(29-16)18-8-3-2-4-9-18)22(31)20-21(19-10-6-12-28-14-19)30(26(33)23(20)32)15-17-7-5-11-27-13-17/h2-14,21,32H,15H2,1H3. The number of amides is 1. The maximum absolute atomic E-state index is 13.8. The van der Waals surface area contributed by atoms with Gasteiger partial charge in [-0.15, -0.1) is 11.3 Å². The molecule has 4 heterocycles. The number of carbonyl (C=O) groups excluding carboxylic acids is 2. The van der Waals surface area contributed by atoms with Crippen molar-refractivity contribution in [2.24, 2.45) is 0 Å². The lowest BCUT2D eigenvalue weighted by Gasteiger charge is -2.26. The number of rotatable bonds is 6. The number of Topliss-reactive ketones (excluding diaryl/α,β-unsaturated/α-hetero) is 1. The Labute approximate surface area is 200 Å². The van der Waals surface area contributed by atoms with E-state index < -0.39 is 23.5 Å². The highest BCUT2D eigenvalue weighted by molar-refractivity contribution is 7.17. The lowest BCUT2D eigenvalue weighted by molar-refractivity contribution is -0.130. The van der Waals surface area contributed by atoms with Crippen LogP contribution in [0.3, 0.4) is 0 Å². The molecule has 0 fully saturated rings. The van der Waals surface area contributed by atoms with Crippen molar-refractivity contribution in [3.05, 3.63) is 112 Å². The summed E-state index contributed by atoms with van der Waals surface area (Å²) in [5, 5.41) is 11.6. The van der Waals surface area contributed by atoms with E-state index in [1.807, 2.05) is 36.4 Å². The Morgan fingerprint density at radius 3 is 2.44 bits per heavy atom. The van der Waals surface area contributed by atoms with Crippen molar-refractivity contribution < 1.29 is 14.7 Å². The lowest BCUT2D eigenvalue weighted by atomic mass is 9.96. The first kappa shape index (κ1) is 21.7. The summed E-state index contributed by atoms with van der Waals surface area (Å²) in [6.07, 6.45) is 6.53. The monoisotopic (exact) mass is 468 g/mol. The molecule has 1 aliphatic heterocycles. The van der Waals surface area contributed by atoms with Gasteiger partial charge in [-0.2, -0.15) is 0 Å². The zero-order valence-electron chi connectivity index (χ0n) is 18.3. The maximum atomic E-state index is 13.8. The zero-order chi connectivity index (χ0) is 23.7. The van der Waals surface area contributed by atoms with E-state index in [1.54, 1.807) is 49.9 Å². The van der Waals surface area contributed by atoms with Gasteiger partial charge in [0.1, 0.15) is 5.01 Å². The largest absolute Gasteiger partial charge is 0.503 e. The Morgan fingerprint density at radius 1 is 1.03 bits per heavy atom. The molecule has 0 aliphatic carbocycles. The highest BCUT2D eigenvalue weighted by Gasteiger charge is 2.44. The zero-order valence-corrected chi connectivity index (χ0v) is 19.1. The van der Waals surface area contributed by atoms with Crippen LogP contribution >= 0.6 is 11.3 Å². The van der Waals surface area contributed by atoms with Gasteiger partial charge in [-0.25, -0.2) is 4.98 Å². The quantitative estimate of drug-likeness (QED) is 0.413. The van der Waals surface area contributed by atoms with Crippen LogP contribution in [0.4, 0.5) is 0 Å². The molecule has 3 aromatic heterocycles. The molecule has 5 rings (SSSR count). The number of hydrogen-bond acceptors (Lipinski definition) is 7. The first-order valence-corrected chi connectivity index (χ1v) is 11.5. The van der Waals surface area contributed by atoms with Gasteiger partial charge in [0, 0.05) is 36.9 Å². The second-order valence-corrected chi connectivity index (χ2v) is 8.87. The Kier molecular flexibility index (Phi) is 5.73. The van der Waals surface area contributed by atoms with Gasteiger partial charge in [0.05, 0.1) is 22.2 Å². The number of thiazole rings is 1. The van der Waals surface area contributed by atoms with Crippen LogP contribution in [-0.2, 0) is 11.3 Å². The second kappa shape index (κ2) is 8.99. The first-order valence-electron chi connectivity index (χ1n) is 10.6.